The number of sulfonamides is 1. The van der Waals surface area contributed by atoms with Crippen molar-refractivity contribution in [2.24, 2.45) is 0 Å². The van der Waals surface area contributed by atoms with E-state index in [0.717, 1.165) is 32.2 Å². The first-order chi connectivity index (χ1) is 21.3. The molecule has 0 fully saturated rings. The third-order valence-electron chi connectivity index (χ3n) is 7.65. The Hall–Kier alpha value is -2.25. The third-order valence-corrected chi connectivity index (χ3v) is 11.0. The summed E-state index contributed by atoms with van der Waals surface area (Å²) in [5.74, 6) is -0.106. The molecular formula is C28H28Cl6N6O4S. The van der Waals surface area contributed by atoms with Gasteiger partial charge in [0.1, 0.15) is 10.3 Å². The van der Waals surface area contributed by atoms with Gasteiger partial charge in [-0.25, -0.2) is 17.8 Å². The van der Waals surface area contributed by atoms with Gasteiger partial charge in [0.15, 0.2) is 0 Å². The van der Waals surface area contributed by atoms with E-state index >= 15 is 0 Å². The molecule has 6 rings (SSSR count). The van der Waals surface area contributed by atoms with Crippen LogP contribution in [0, 0.1) is 0 Å². The fourth-order valence-corrected chi connectivity index (χ4v) is 7.74. The summed E-state index contributed by atoms with van der Waals surface area (Å²) in [4.78, 5) is 25.3. The van der Waals surface area contributed by atoms with Crippen LogP contribution in [-0.4, -0.2) is 32.9 Å². The lowest BCUT2D eigenvalue weighted by Gasteiger charge is -2.17. The van der Waals surface area contributed by atoms with Gasteiger partial charge in [0.05, 0.1) is 48.3 Å². The van der Waals surface area contributed by atoms with Crippen molar-refractivity contribution in [2.75, 3.05) is 16.2 Å². The standard InChI is InChI=1S/C15H16Cl3N3O3S.C13H12Cl3N3O/c1-2-25(23,24)19-12-7-9(10(16)8-11(12)17)13-14(18)20-5-3-4-6-21(20)15(13)22;14-8-6-9(15)10(17)5-7(8)11-12(16)18-3-1-2-4-19(18)13(11)20/h7-8,19H,2-6H2,1H3;5-6H,1-4,17H2. The quantitative estimate of drug-likeness (QED) is 0.204. The van der Waals surface area contributed by atoms with E-state index in [4.69, 9.17) is 75.3 Å². The maximum Gasteiger partial charge on any atom is 0.276 e. The summed E-state index contributed by atoms with van der Waals surface area (Å²) < 4.78 is 32.9. The average molecular weight is 757 g/mol. The second-order valence-corrected chi connectivity index (χ2v) is 14.9. The smallest absolute Gasteiger partial charge is 0.276 e. The molecule has 10 nitrogen and oxygen atoms in total. The average Bonchev–Trinajstić information content (AvgIpc) is 3.41. The molecule has 0 saturated carbocycles. The Kier molecular flexibility index (Phi) is 10.2. The van der Waals surface area contributed by atoms with Gasteiger partial charge in [0.25, 0.3) is 11.1 Å². The topological polar surface area (TPSA) is 126 Å². The molecular weight excluding hydrogens is 729 g/mol. The Balaban J connectivity index is 0.000000182. The van der Waals surface area contributed by atoms with E-state index in [1.165, 1.54) is 25.1 Å². The summed E-state index contributed by atoms with van der Waals surface area (Å²) in [5, 5.41) is 1.79. The Bertz CT molecular complexity index is 2030. The SMILES string of the molecule is CCS(=O)(=O)Nc1cc(-c2c(Cl)n3n(c2=O)CCCC3)c(Cl)cc1Cl.Nc1cc(-c2c(Cl)n3n(c2=O)CCCC3)c(Cl)cc1Cl. The summed E-state index contributed by atoms with van der Waals surface area (Å²) in [6.07, 6.45) is 3.80. The van der Waals surface area contributed by atoms with Gasteiger partial charge in [-0.2, -0.15) is 0 Å². The van der Waals surface area contributed by atoms with Gasteiger partial charge in [0.2, 0.25) is 10.0 Å². The molecule has 0 atom stereocenters. The van der Waals surface area contributed by atoms with E-state index in [1.54, 1.807) is 24.8 Å². The first-order valence-electron chi connectivity index (χ1n) is 14.0. The number of fused-ring (bicyclic) bond motifs is 2. The number of hydrogen-bond acceptors (Lipinski definition) is 5. The van der Waals surface area contributed by atoms with Crippen molar-refractivity contribution < 1.29 is 8.42 Å². The lowest BCUT2D eigenvalue weighted by Crippen LogP contribution is -2.27. The van der Waals surface area contributed by atoms with Crippen molar-refractivity contribution in [1.82, 2.24) is 18.7 Å². The van der Waals surface area contributed by atoms with Crippen molar-refractivity contribution in [3.05, 3.63) is 75.4 Å². The molecule has 45 heavy (non-hydrogen) atoms. The van der Waals surface area contributed by atoms with Crippen LogP contribution in [0.15, 0.2) is 33.9 Å². The lowest BCUT2D eigenvalue weighted by molar-refractivity contribution is 0.356. The number of anilines is 2. The second kappa shape index (κ2) is 13.5. The maximum atomic E-state index is 12.8. The number of nitrogens with one attached hydrogen (secondary N) is 1. The van der Waals surface area contributed by atoms with Crippen LogP contribution in [0.4, 0.5) is 11.4 Å². The second-order valence-electron chi connectivity index (χ2n) is 10.5. The Morgan fingerprint density at radius 2 is 1.09 bits per heavy atom. The highest BCUT2D eigenvalue weighted by molar-refractivity contribution is 7.92. The maximum absolute atomic E-state index is 12.8. The van der Waals surface area contributed by atoms with Gasteiger partial charge in [-0.15, -0.1) is 0 Å². The molecule has 0 spiro atoms. The van der Waals surface area contributed by atoms with E-state index in [2.05, 4.69) is 4.72 Å². The van der Waals surface area contributed by atoms with Crippen molar-refractivity contribution in [3.63, 3.8) is 0 Å². The summed E-state index contributed by atoms with van der Waals surface area (Å²) >= 11 is 37.3. The zero-order valence-corrected chi connectivity index (χ0v) is 29.2. The molecule has 0 radical (unpaired) electrons. The highest BCUT2D eigenvalue weighted by Gasteiger charge is 2.26. The van der Waals surface area contributed by atoms with Gasteiger partial charge in [-0.1, -0.05) is 69.6 Å². The van der Waals surface area contributed by atoms with Crippen molar-refractivity contribution in [1.29, 1.82) is 0 Å². The van der Waals surface area contributed by atoms with E-state index in [1.807, 2.05) is 0 Å². The highest BCUT2D eigenvalue weighted by Crippen LogP contribution is 2.39. The van der Waals surface area contributed by atoms with Crippen molar-refractivity contribution >= 4 is 91.0 Å². The van der Waals surface area contributed by atoms with Crippen LogP contribution in [0.1, 0.15) is 32.6 Å². The molecule has 2 aromatic heterocycles. The lowest BCUT2D eigenvalue weighted by atomic mass is 10.1. The van der Waals surface area contributed by atoms with E-state index < -0.39 is 10.0 Å². The van der Waals surface area contributed by atoms with Crippen LogP contribution >= 0.6 is 69.6 Å². The predicted molar refractivity (Wildman–Crippen MR) is 184 cm³/mol. The van der Waals surface area contributed by atoms with E-state index in [-0.39, 0.29) is 38.2 Å². The monoisotopic (exact) mass is 754 g/mol. The molecule has 3 N–H and O–H groups in total. The molecule has 2 aliphatic heterocycles. The number of hydrogen-bond donors (Lipinski definition) is 2. The molecule has 0 aliphatic carbocycles. The van der Waals surface area contributed by atoms with E-state index in [9.17, 15) is 18.0 Å². The largest absolute Gasteiger partial charge is 0.398 e. The zero-order valence-electron chi connectivity index (χ0n) is 23.8. The highest BCUT2D eigenvalue weighted by atomic mass is 35.5. The molecule has 2 aromatic carbocycles. The minimum Gasteiger partial charge on any atom is -0.398 e. The van der Waals surface area contributed by atoms with Gasteiger partial charge in [0, 0.05) is 37.3 Å². The van der Waals surface area contributed by atoms with E-state index in [0.29, 0.717) is 62.4 Å². The van der Waals surface area contributed by atoms with Crippen molar-refractivity contribution in [3.8, 4) is 22.3 Å². The number of halogens is 6. The fourth-order valence-electron chi connectivity index (χ4n) is 5.32. The molecule has 2 aliphatic rings. The van der Waals surface area contributed by atoms with Crippen LogP contribution in [-0.2, 0) is 36.2 Å². The first-order valence-corrected chi connectivity index (χ1v) is 17.9. The summed E-state index contributed by atoms with van der Waals surface area (Å²) in [5.41, 5.74) is 7.46. The number of nitrogens with zero attached hydrogens (tertiary/aromatic N) is 4. The molecule has 4 aromatic rings. The Morgan fingerprint density at radius 1 is 0.667 bits per heavy atom. The van der Waals surface area contributed by atoms with Crippen LogP contribution in [0.25, 0.3) is 22.3 Å². The molecule has 0 amide bonds. The summed E-state index contributed by atoms with van der Waals surface area (Å²) in [7, 11) is -3.53. The fraction of sp³-hybridized carbons (Fsp3) is 0.357. The molecule has 0 saturated heterocycles. The first kappa shape index (κ1) is 34.1. The Morgan fingerprint density at radius 3 is 1.53 bits per heavy atom. The molecule has 17 heteroatoms. The molecule has 242 valence electrons. The number of rotatable bonds is 5. The summed E-state index contributed by atoms with van der Waals surface area (Å²) in [6, 6.07) is 5.99. The van der Waals surface area contributed by atoms with Crippen LogP contribution in [0.5, 0.6) is 0 Å². The van der Waals surface area contributed by atoms with Gasteiger partial charge >= 0.3 is 0 Å². The van der Waals surface area contributed by atoms with Crippen LogP contribution < -0.4 is 21.6 Å². The number of nitrogen functional groups attached to an aromatic ring is 1. The minimum absolute atomic E-state index is 0.106. The minimum atomic E-state index is -3.53. The number of nitrogens with two attached hydrogens (primary N) is 1. The van der Waals surface area contributed by atoms with Gasteiger partial charge in [-0.3, -0.25) is 23.7 Å². The van der Waals surface area contributed by atoms with Gasteiger partial charge in [-0.05, 0) is 56.9 Å². The normalized spacial score (nSPS) is 14.4. The zero-order chi connectivity index (χ0) is 32.8. The number of benzene rings is 2. The predicted octanol–water partition coefficient (Wildman–Crippen LogP) is 7.49. The molecule has 4 heterocycles. The van der Waals surface area contributed by atoms with Crippen LogP contribution in [0.2, 0.25) is 30.4 Å². The number of aromatic nitrogens is 4. The molecule has 0 bridgehead atoms. The Labute approximate surface area is 289 Å². The van der Waals surface area contributed by atoms with Gasteiger partial charge < -0.3 is 5.73 Å². The molecule has 0 unspecified atom stereocenters. The third kappa shape index (κ3) is 6.63. The summed E-state index contributed by atoms with van der Waals surface area (Å²) in [6.45, 7) is 4.14. The van der Waals surface area contributed by atoms with Crippen molar-refractivity contribution in [2.45, 2.75) is 58.8 Å². The van der Waals surface area contributed by atoms with Crippen LogP contribution in [0.3, 0.4) is 0 Å².